The molecule has 0 unspecified atom stereocenters. The highest BCUT2D eigenvalue weighted by molar-refractivity contribution is 7.80. The molecule has 1 heterocycles. The fourth-order valence-electron chi connectivity index (χ4n) is 1.42. The Bertz CT molecular complexity index is 621. The Hall–Kier alpha value is -2.18. The van der Waals surface area contributed by atoms with Crippen molar-refractivity contribution >= 4 is 40.5 Å². The molecule has 0 aliphatic rings. The van der Waals surface area contributed by atoms with Crippen LogP contribution in [0.25, 0.3) is 0 Å². The molecular weight excluding hydrogens is 296 g/mol. The van der Waals surface area contributed by atoms with Crippen LogP contribution in [0.2, 0.25) is 5.02 Å². The van der Waals surface area contributed by atoms with E-state index in [-0.39, 0.29) is 11.0 Å². The fourth-order valence-corrected chi connectivity index (χ4v) is 1.78. The standard InChI is InChI=1S/C13H11ClN4OS/c14-10-2-1-3-11(8-10)16-13(20)18-17-12(19)9-4-6-15-7-5-9/h1-8H,(H,17,19)(H2,16,18,20). The zero-order valence-corrected chi connectivity index (χ0v) is 11.8. The van der Waals surface area contributed by atoms with Crippen molar-refractivity contribution in [3.05, 3.63) is 59.4 Å². The molecule has 20 heavy (non-hydrogen) atoms. The molecule has 0 spiro atoms. The van der Waals surface area contributed by atoms with Gasteiger partial charge in [0.1, 0.15) is 0 Å². The maximum Gasteiger partial charge on any atom is 0.269 e. The smallest absolute Gasteiger partial charge is 0.269 e. The molecule has 1 amide bonds. The van der Waals surface area contributed by atoms with Crippen LogP contribution in [-0.2, 0) is 0 Å². The van der Waals surface area contributed by atoms with Crippen molar-refractivity contribution in [2.75, 3.05) is 5.32 Å². The van der Waals surface area contributed by atoms with Crippen molar-refractivity contribution in [1.29, 1.82) is 0 Å². The third-order valence-electron chi connectivity index (χ3n) is 2.31. The van der Waals surface area contributed by atoms with Gasteiger partial charge in [-0.25, -0.2) is 0 Å². The molecule has 2 aromatic rings. The highest BCUT2D eigenvalue weighted by atomic mass is 35.5. The maximum atomic E-state index is 11.7. The van der Waals surface area contributed by atoms with E-state index >= 15 is 0 Å². The van der Waals surface area contributed by atoms with Crippen molar-refractivity contribution in [2.45, 2.75) is 0 Å². The Morgan fingerprint density at radius 2 is 1.90 bits per heavy atom. The van der Waals surface area contributed by atoms with E-state index in [0.29, 0.717) is 10.6 Å². The summed E-state index contributed by atoms with van der Waals surface area (Å²) in [6, 6.07) is 10.3. The number of carbonyl (C=O) groups excluding carboxylic acids is 1. The van der Waals surface area contributed by atoms with Crippen molar-refractivity contribution in [1.82, 2.24) is 15.8 Å². The lowest BCUT2D eigenvalue weighted by Crippen LogP contribution is -2.43. The highest BCUT2D eigenvalue weighted by Crippen LogP contribution is 2.14. The van der Waals surface area contributed by atoms with Gasteiger partial charge in [-0.15, -0.1) is 0 Å². The van der Waals surface area contributed by atoms with Crippen molar-refractivity contribution in [3.63, 3.8) is 0 Å². The summed E-state index contributed by atoms with van der Waals surface area (Å²) in [7, 11) is 0. The quantitative estimate of drug-likeness (QED) is 0.587. The number of anilines is 1. The second-order valence-electron chi connectivity index (χ2n) is 3.78. The molecule has 0 bridgehead atoms. The van der Waals surface area contributed by atoms with Crippen molar-refractivity contribution in [2.24, 2.45) is 0 Å². The van der Waals surface area contributed by atoms with Gasteiger partial charge in [-0.1, -0.05) is 17.7 Å². The summed E-state index contributed by atoms with van der Waals surface area (Å²) < 4.78 is 0. The summed E-state index contributed by atoms with van der Waals surface area (Å²) in [4.78, 5) is 15.6. The SMILES string of the molecule is O=C(NNC(=S)Nc1cccc(Cl)c1)c1ccncc1. The number of rotatable bonds is 2. The Kier molecular flexibility index (Phi) is 4.86. The first-order valence-corrected chi connectivity index (χ1v) is 6.47. The van der Waals surface area contributed by atoms with Crippen molar-refractivity contribution < 1.29 is 4.79 Å². The molecule has 0 saturated carbocycles. The van der Waals surface area contributed by atoms with Crippen LogP contribution in [0.5, 0.6) is 0 Å². The summed E-state index contributed by atoms with van der Waals surface area (Å²) in [6.07, 6.45) is 3.08. The molecule has 0 aliphatic heterocycles. The van der Waals surface area contributed by atoms with Gasteiger partial charge in [-0.2, -0.15) is 0 Å². The average molecular weight is 307 g/mol. The Morgan fingerprint density at radius 3 is 2.60 bits per heavy atom. The second-order valence-corrected chi connectivity index (χ2v) is 4.62. The number of carbonyl (C=O) groups is 1. The number of halogens is 1. The highest BCUT2D eigenvalue weighted by Gasteiger charge is 2.04. The zero-order valence-electron chi connectivity index (χ0n) is 10.3. The van der Waals surface area contributed by atoms with Crippen LogP contribution in [0.15, 0.2) is 48.8 Å². The largest absolute Gasteiger partial charge is 0.331 e. The monoisotopic (exact) mass is 306 g/mol. The van der Waals surface area contributed by atoms with Crippen LogP contribution in [0.1, 0.15) is 10.4 Å². The first kappa shape index (κ1) is 14.2. The number of hydrogen-bond donors (Lipinski definition) is 3. The van der Waals surface area contributed by atoms with Crippen LogP contribution >= 0.6 is 23.8 Å². The first-order chi connectivity index (χ1) is 9.65. The van der Waals surface area contributed by atoms with E-state index in [2.05, 4.69) is 21.2 Å². The zero-order chi connectivity index (χ0) is 14.4. The number of thiocarbonyl (C=S) groups is 1. The average Bonchev–Trinajstić information content (AvgIpc) is 2.46. The van der Waals surface area contributed by atoms with E-state index in [4.69, 9.17) is 23.8 Å². The van der Waals surface area contributed by atoms with Crippen LogP contribution in [0.3, 0.4) is 0 Å². The number of nitrogens with zero attached hydrogens (tertiary/aromatic N) is 1. The number of amides is 1. The number of hydrazine groups is 1. The third kappa shape index (κ3) is 4.18. The summed E-state index contributed by atoms with van der Waals surface area (Å²) >= 11 is 10.9. The molecule has 0 saturated heterocycles. The van der Waals surface area contributed by atoms with Gasteiger partial charge in [-0.05, 0) is 42.5 Å². The minimum Gasteiger partial charge on any atom is -0.331 e. The third-order valence-corrected chi connectivity index (χ3v) is 2.75. The van der Waals surface area contributed by atoms with Crippen LogP contribution < -0.4 is 16.2 Å². The molecule has 7 heteroatoms. The van der Waals surface area contributed by atoms with Gasteiger partial charge in [0.25, 0.3) is 5.91 Å². The van der Waals surface area contributed by atoms with Gasteiger partial charge in [0.2, 0.25) is 0 Å². The van der Waals surface area contributed by atoms with Crippen LogP contribution in [0.4, 0.5) is 5.69 Å². The summed E-state index contributed by atoms with van der Waals surface area (Å²) in [5.74, 6) is -0.303. The molecule has 5 nitrogen and oxygen atoms in total. The fraction of sp³-hybridized carbons (Fsp3) is 0. The van der Waals surface area contributed by atoms with E-state index in [1.54, 1.807) is 30.3 Å². The van der Waals surface area contributed by atoms with Gasteiger partial charge in [0.15, 0.2) is 5.11 Å². The summed E-state index contributed by atoms with van der Waals surface area (Å²) in [5.41, 5.74) is 6.30. The van der Waals surface area contributed by atoms with E-state index in [0.717, 1.165) is 5.69 Å². The number of pyridine rings is 1. The van der Waals surface area contributed by atoms with E-state index in [1.165, 1.54) is 12.4 Å². The Balaban J connectivity index is 1.85. The molecule has 0 fully saturated rings. The van der Waals surface area contributed by atoms with Gasteiger partial charge < -0.3 is 5.32 Å². The summed E-state index contributed by atoms with van der Waals surface area (Å²) in [6.45, 7) is 0. The van der Waals surface area contributed by atoms with Crippen molar-refractivity contribution in [3.8, 4) is 0 Å². The van der Waals surface area contributed by atoms with Crippen LogP contribution in [-0.4, -0.2) is 16.0 Å². The molecule has 1 aromatic carbocycles. The number of aromatic nitrogens is 1. The normalized spacial score (nSPS) is 9.65. The van der Waals surface area contributed by atoms with Crippen LogP contribution in [0, 0.1) is 0 Å². The predicted molar refractivity (Wildman–Crippen MR) is 82.5 cm³/mol. The lowest BCUT2D eigenvalue weighted by Gasteiger charge is -2.11. The predicted octanol–water partition coefficient (Wildman–Crippen LogP) is 2.37. The number of nitrogens with one attached hydrogen (secondary N) is 3. The van der Waals surface area contributed by atoms with Gasteiger partial charge in [0.05, 0.1) is 0 Å². The molecule has 0 atom stereocenters. The first-order valence-electron chi connectivity index (χ1n) is 5.68. The molecule has 0 radical (unpaired) electrons. The van der Waals surface area contributed by atoms with E-state index in [1.807, 2.05) is 6.07 Å². The maximum absolute atomic E-state index is 11.7. The lowest BCUT2D eigenvalue weighted by atomic mass is 10.3. The van der Waals surface area contributed by atoms with Gasteiger partial charge >= 0.3 is 0 Å². The Morgan fingerprint density at radius 1 is 1.15 bits per heavy atom. The molecular formula is C13H11ClN4OS. The van der Waals surface area contributed by atoms with Gasteiger partial charge in [-0.3, -0.25) is 20.6 Å². The lowest BCUT2D eigenvalue weighted by molar-refractivity contribution is 0.0944. The molecule has 3 N–H and O–H groups in total. The molecule has 1 aromatic heterocycles. The molecule has 2 rings (SSSR count). The molecule has 0 aliphatic carbocycles. The minimum atomic E-state index is -0.303. The van der Waals surface area contributed by atoms with E-state index < -0.39 is 0 Å². The van der Waals surface area contributed by atoms with Gasteiger partial charge in [0, 0.05) is 28.7 Å². The molecule has 102 valence electrons. The Labute approximate surface area is 126 Å². The van der Waals surface area contributed by atoms with E-state index in [9.17, 15) is 4.79 Å². The topological polar surface area (TPSA) is 66.1 Å². The number of hydrogen-bond acceptors (Lipinski definition) is 3. The number of benzene rings is 1. The second kappa shape index (κ2) is 6.83. The summed E-state index contributed by atoms with van der Waals surface area (Å²) in [5, 5.41) is 3.75. The minimum absolute atomic E-state index is 0.259.